The smallest absolute Gasteiger partial charge is 0.354 e. The van der Waals surface area contributed by atoms with E-state index < -0.39 is 29.5 Å². The van der Waals surface area contributed by atoms with Gasteiger partial charge in [0.25, 0.3) is 6.43 Å². The lowest BCUT2D eigenvalue weighted by Gasteiger charge is -2.09. The van der Waals surface area contributed by atoms with Crippen LogP contribution in [0.25, 0.3) is 0 Å². The number of hydrogen-bond donors (Lipinski definition) is 2. The van der Waals surface area contributed by atoms with Crippen LogP contribution in [0.1, 0.15) is 28.0 Å². The number of carboxylic acids is 1. The molecule has 1 heterocycles. The van der Waals surface area contributed by atoms with Crippen molar-refractivity contribution in [2.75, 3.05) is 5.73 Å². The molecule has 0 aromatic carbocycles. The van der Waals surface area contributed by atoms with Crippen molar-refractivity contribution in [1.29, 1.82) is 0 Å². The highest BCUT2D eigenvalue weighted by atomic mass is 35.5. The summed E-state index contributed by atoms with van der Waals surface area (Å²) in [5, 5.41) is 8.61. The molecule has 0 unspecified atom stereocenters. The molecule has 1 aromatic rings. The van der Waals surface area contributed by atoms with Gasteiger partial charge in [-0.25, -0.2) is 18.6 Å². The first kappa shape index (κ1) is 11.6. The third-order valence-electron chi connectivity index (χ3n) is 1.76. The zero-order chi connectivity index (χ0) is 11.6. The molecule has 0 amide bonds. The fourth-order valence-electron chi connectivity index (χ4n) is 1.10. The van der Waals surface area contributed by atoms with Crippen molar-refractivity contribution < 1.29 is 18.7 Å². The molecule has 0 radical (unpaired) electrons. The monoisotopic (exact) mass is 236 g/mol. The molecule has 82 valence electrons. The molecule has 0 atom stereocenters. The molecule has 0 saturated heterocycles. The highest BCUT2D eigenvalue weighted by Crippen LogP contribution is 2.29. The van der Waals surface area contributed by atoms with E-state index in [2.05, 4.69) is 4.98 Å². The van der Waals surface area contributed by atoms with Crippen LogP contribution in [0.5, 0.6) is 0 Å². The Kier molecular flexibility index (Phi) is 3.41. The van der Waals surface area contributed by atoms with Crippen LogP contribution >= 0.6 is 11.6 Å². The van der Waals surface area contributed by atoms with E-state index in [0.29, 0.717) is 0 Å². The Hall–Kier alpha value is -1.43. The molecule has 0 aliphatic carbocycles. The molecule has 0 fully saturated rings. The van der Waals surface area contributed by atoms with Gasteiger partial charge in [0.2, 0.25) is 0 Å². The maximum absolute atomic E-state index is 12.5. The summed E-state index contributed by atoms with van der Waals surface area (Å²) >= 11 is 5.42. The third kappa shape index (κ3) is 2.33. The minimum atomic E-state index is -2.82. The van der Waals surface area contributed by atoms with Crippen molar-refractivity contribution in [3.8, 4) is 0 Å². The summed E-state index contributed by atoms with van der Waals surface area (Å²) in [4.78, 5) is 13.9. The van der Waals surface area contributed by atoms with Gasteiger partial charge >= 0.3 is 5.97 Å². The largest absolute Gasteiger partial charge is 0.477 e. The molecule has 1 aromatic heterocycles. The molecule has 4 nitrogen and oxygen atoms in total. The van der Waals surface area contributed by atoms with Crippen LogP contribution in [-0.2, 0) is 5.88 Å². The lowest BCUT2D eigenvalue weighted by atomic mass is 10.1. The van der Waals surface area contributed by atoms with E-state index >= 15 is 0 Å². The summed E-state index contributed by atoms with van der Waals surface area (Å²) < 4.78 is 25.0. The molecule has 0 aliphatic rings. The Morgan fingerprint density at radius 3 is 2.67 bits per heavy atom. The number of anilines is 1. The van der Waals surface area contributed by atoms with Gasteiger partial charge in [-0.2, -0.15) is 0 Å². The highest BCUT2D eigenvalue weighted by Gasteiger charge is 2.20. The van der Waals surface area contributed by atoms with Gasteiger partial charge in [-0.3, -0.25) is 0 Å². The lowest BCUT2D eigenvalue weighted by molar-refractivity contribution is 0.0690. The Bertz CT molecular complexity index is 398. The summed E-state index contributed by atoms with van der Waals surface area (Å²) in [5.74, 6) is -2.08. The standard InChI is InChI=1S/C8H7ClF2N2O2/c9-2-3-1-4(8(14)15)13-7(12)5(3)6(10)11/h1,6H,2H2,(H2,12,13)(H,14,15). The summed E-state index contributed by atoms with van der Waals surface area (Å²) in [5.41, 5.74) is 4.31. The highest BCUT2D eigenvalue weighted by molar-refractivity contribution is 6.17. The van der Waals surface area contributed by atoms with Crippen molar-refractivity contribution in [1.82, 2.24) is 4.98 Å². The minimum Gasteiger partial charge on any atom is -0.477 e. The fraction of sp³-hybridized carbons (Fsp3) is 0.250. The summed E-state index contributed by atoms with van der Waals surface area (Å²) in [7, 11) is 0. The Morgan fingerprint density at radius 2 is 2.27 bits per heavy atom. The van der Waals surface area contributed by atoms with Crippen LogP contribution in [0.3, 0.4) is 0 Å². The van der Waals surface area contributed by atoms with E-state index in [1.54, 1.807) is 0 Å². The number of rotatable bonds is 3. The number of alkyl halides is 3. The van der Waals surface area contributed by atoms with Crippen molar-refractivity contribution in [2.45, 2.75) is 12.3 Å². The predicted molar refractivity (Wildman–Crippen MR) is 50.1 cm³/mol. The first-order chi connectivity index (χ1) is 6.97. The van der Waals surface area contributed by atoms with Crippen molar-refractivity contribution in [2.24, 2.45) is 0 Å². The van der Waals surface area contributed by atoms with Gasteiger partial charge in [0.15, 0.2) is 5.69 Å². The number of carbonyl (C=O) groups is 1. The van der Waals surface area contributed by atoms with Crippen LogP contribution in [0.15, 0.2) is 6.07 Å². The number of aromatic carboxylic acids is 1. The van der Waals surface area contributed by atoms with Crippen molar-refractivity contribution >= 4 is 23.4 Å². The Balaban J connectivity index is 3.37. The zero-order valence-electron chi connectivity index (χ0n) is 7.38. The molecule has 7 heteroatoms. The molecule has 0 bridgehead atoms. The van der Waals surface area contributed by atoms with Crippen molar-refractivity contribution in [3.05, 3.63) is 22.9 Å². The summed E-state index contributed by atoms with van der Waals surface area (Å²) in [6.07, 6.45) is -2.82. The van der Waals surface area contributed by atoms with Gasteiger partial charge in [0.05, 0.1) is 5.56 Å². The summed E-state index contributed by atoms with van der Waals surface area (Å²) in [6.45, 7) is 0. The first-order valence-electron chi connectivity index (χ1n) is 3.84. The van der Waals surface area contributed by atoms with Crippen LogP contribution < -0.4 is 5.73 Å². The molecular formula is C8H7ClF2N2O2. The second kappa shape index (κ2) is 4.39. The molecular weight excluding hydrogens is 230 g/mol. The minimum absolute atomic E-state index is 0.0171. The first-order valence-corrected chi connectivity index (χ1v) is 4.37. The molecule has 15 heavy (non-hydrogen) atoms. The lowest BCUT2D eigenvalue weighted by Crippen LogP contribution is -2.09. The number of nitrogens with zero attached hydrogens (tertiary/aromatic N) is 1. The second-order valence-electron chi connectivity index (χ2n) is 2.71. The normalized spacial score (nSPS) is 10.7. The van der Waals surface area contributed by atoms with E-state index in [1.165, 1.54) is 0 Å². The number of nitrogens with two attached hydrogens (primary N) is 1. The van der Waals surface area contributed by atoms with Gasteiger partial charge in [-0.05, 0) is 11.6 Å². The van der Waals surface area contributed by atoms with Crippen molar-refractivity contribution in [3.63, 3.8) is 0 Å². The van der Waals surface area contributed by atoms with E-state index in [4.69, 9.17) is 22.4 Å². The molecule has 0 spiro atoms. The average molecular weight is 237 g/mol. The molecule has 0 aliphatic heterocycles. The molecule has 0 saturated carbocycles. The number of carboxylic acid groups (broad SMARTS) is 1. The number of aromatic nitrogens is 1. The van der Waals surface area contributed by atoms with Gasteiger partial charge in [-0.15, -0.1) is 11.6 Å². The van der Waals surface area contributed by atoms with E-state index in [9.17, 15) is 13.6 Å². The topological polar surface area (TPSA) is 76.2 Å². The van der Waals surface area contributed by atoms with Gasteiger partial charge in [-0.1, -0.05) is 0 Å². The Morgan fingerprint density at radius 1 is 1.67 bits per heavy atom. The maximum Gasteiger partial charge on any atom is 0.354 e. The second-order valence-corrected chi connectivity index (χ2v) is 2.97. The van der Waals surface area contributed by atoms with Crippen LogP contribution in [0.4, 0.5) is 14.6 Å². The zero-order valence-corrected chi connectivity index (χ0v) is 8.13. The fourth-order valence-corrected chi connectivity index (χ4v) is 1.32. The number of hydrogen-bond acceptors (Lipinski definition) is 3. The summed E-state index contributed by atoms with van der Waals surface area (Å²) in [6, 6.07) is 0.993. The Labute approximate surface area is 88.7 Å². The average Bonchev–Trinajstić information content (AvgIpc) is 2.15. The van der Waals surface area contributed by atoms with Gasteiger partial charge < -0.3 is 10.8 Å². The van der Waals surface area contributed by atoms with E-state index in [-0.39, 0.29) is 11.4 Å². The number of pyridine rings is 1. The van der Waals surface area contributed by atoms with Crippen LogP contribution in [-0.4, -0.2) is 16.1 Å². The quantitative estimate of drug-likeness (QED) is 0.788. The SMILES string of the molecule is Nc1nc(C(=O)O)cc(CCl)c1C(F)F. The molecule has 3 N–H and O–H groups in total. The number of nitrogen functional groups attached to an aromatic ring is 1. The third-order valence-corrected chi connectivity index (χ3v) is 2.04. The predicted octanol–water partition coefficient (Wildman–Crippen LogP) is 2.04. The molecule has 1 rings (SSSR count). The van der Waals surface area contributed by atoms with Gasteiger partial charge in [0, 0.05) is 5.88 Å². The number of halogens is 3. The van der Waals surface area contributed by atoms with Crippen LogP contribution in [0.2, 0.25) is 0 Å². The maximum atomic E-state index is 12.5. The van der Waals surface area contributed by atoms with Gasteiger partial charge in [0.1, 0.15) is 5.82 Å². The van der Waals surface area contributed by atoms with E-state index in [0.717, 1.165) is 6.07 Å². The van der Waals surface area contributed by atoms with E-state index in [1.807, 2.05) is 0 Å². The van der Waals surface area contributed by atoms with Crippen LogP contribution in [0, 0.1) is 0 Å².